The van der Waals surface area contributed by atoms with Crippen molar-refractivity contribution < 1.29 is 28.9 Å². The molecule has 0 radical (unpaired) electrons. The van der Waals surface area contributed by atoms with Gasteiger partial charge < -0.3 is 35.0 Å². The highest BCUT2D eigenvalue weighted by Crippen LogP contribution is 2.43. The van der Waals surface area contributed by atoms with Crippen molar-refractivity contribution in [2.75, 3.05) is 14.2 Å². The number of fused-ring (bicyclic) bond motifs is 3. The Bertz CT molecular complexity index is 1460. The third-order valence-electron chi connectivity index (χ3n) is 7.33. The fourth-order valence-corrected chi connectivity index (χ4v) is 4.67. The summed E-state index contributed by atoms with van der Waals surface area (Å²) in [5.74, 6) is -0.135. The number of hydrogen-bond acceptors (Lipinski definition) is 6. The molecule has 4 rings (SSSR count). The normalized spacial score (nSPS) is 11.8. The summed E-state index contributed by atoms with van der Waals surface area (Å²) in [6.45, 7) is 24.4. The number of carbonyl (C=O) groups is 2. The van der Waals surface area contributed by atoms with E-state index in [1.807, 2.05) is 55.7 Å². The van der Waals surface area contributed by atoms with Crippen LogP contribution in [0.2, 0.25) is 0 Å². The predicted molar refractivity (Wildman–Crippen MR) is 218 cm³/mol. The Hall–Kier alpha value is -4.37. The molecule has 0 unspecified atom stereocenters. The second-order valence-electron chi connectivity index (χ2n) is 12.0. The van der Waals surface area contributed by atoms with E-state index in [1.54, 1.807) is 20.3 Å². The highest BCUT2D eigenvalue weighted by Gasteiger charge is 2.30. The number of nitrogens with two attached hydrogens (primary N) is 1. The summed E-state index contributed by atoms with van der Waals surface area (Å²) in [7, 11) is 3.24. The van der Waals surface area contributed by atoms with Gasteiger partial charge in [-0.15, -0.1) is 6.58 Å². The lowest BCUT2D eigenvalue weighted by Crippen LogP contribution is -2.17. The lowest BCUT2D eigenvalue weighted by molar-refractivity contribution is -0.135. The van der Waals surface area contributed by atoms with E-state index in [2.05, 4.69) is 60.3 Å². The zero-order valence-corrected chi connectivity index (χ0v) is 34.3. The first kappa shape index (κ1) is 49.7. The smallest absolute Gasteiger partial charge is 0.309 e. The number of carboxylic acid groups (broad SMARTS) is 1. The molecule has 4 N–H and O–H groups in total. The molecule has 0 fully saturated rings. The van der Waals surface area contributed by atoms with Gasteiger partial charge in [0, 0.05) is 22.5 Å². The van der Waals surface area contributed by atoms with Crippen LogP contribution in [0.4, 0.5) is 0 Å². The van der Waals surface area contributed by atoms with Crippen LogP contribution in [0.3, 0.4) is 0 Å². The molecule has 2 heterocycles. The van der Waals surface area contributed by atoms with Crippen LogP contribution in [-0.4, -0.2) is 41.5 Å². The maximum absolute atomic E-state index is 12.0. The number of aromatic nitrogens is 1. The monoisotopic (exact) mass is 724 g/mol. The highest BCUT2D eigenvalue weighted by atomic mass is 16.5. The van der Waals surface area contributed by atoms with Crippen LogP contribution in [0.1, 0.15) is 153 Å². The fraction of sp³-hybridized carbons (Fsp3) is 0.512. The number of rotatable bonds is 11. The molecule has 1 aromatic heterocycles. The fourth-order valence-electron chi connectivity index (χ4n) is 4.67. The van der Waals surface area contributed by atoms with Crippen LogP contribution in [0.25, 0.3) is 5.69 Å². The summed E-state index contributed by atoms with van der Waals surface area (Å²) in [4.78, 5) is 21.7. The quantitative estimate of drug-likeness (QED) is 0.102. The molecule has 2 aromatic carbocycles. The van der Waals surface area contributed by atoms with Gasteiger partial charge in [-0.2, -0.15) is 0 Å². The largest absolute Gasteiger partial charge is 0.493 e. The van der Waals surface area contributed by atoms with Crippen molar-refractivity contribution in [1.82, 2.24) is 4.57 Å². The van der Waals surface area contributed by atoms with E-state index in [4.69, 9.17) is 30.5 Å². The molecule has 9 nitrogen and oxygen atoms in total. The van der Waals surface area contributed by atoms with E-state index >= 15 is 0 Å². The zero-order chi connectivity index (χ0) is 40.2. The number of primary amides is 1. The van der Waals surface area contributed by atoms with Crippen LogP contribution in [0.15, 0.2) is 60.7 Å². The number of hydrogen-bond donors (Lipinski definition) is 3. The van der Waals surface area contributed by atoms with E-state index < -0.39 is 11.9 Å². The summed E-state index contributed by atoms with van der Waals surface area (Å²) in [6, 6.07) is 15.6. The number of methoxy groups -OCH3 is 2. The van der Waals surface area contributed by atoms with E-state index in [1.165, 1.54) is 50.2 Å². The standard InChI is InChI=1S/C23H24N2O4.C6H14.C5H10.C4H7NO2.C3H8.C2H6/c1-4-14-8-10-18-17(12-14)21(16-6-5-7-20(27-2)22(16)28-3)29-13-15-9-11-19(23(24)26)25(15)18;1-3-5-6-4-2;1-4-5(2)3;1-3(5)2-4(6)7;1-3-2;1-2/h5-12,21H,4,13H2,1-3H3,(H2,24,26);3-6H2,1-2H3;2,4H2,1,3H3;5H,2H2,1H3,(H,6,7);3H2,1-2H3;1-2H3/t21-;;;;;/m1...../s1. The maximum atomic E-state index is 12.0. The summed E-state index contributed by atoms with van der Waals surface area (Å²) >= 11 is 0. The number of allylic oxidation sites excluding steroid dienone is 1. The number of para-hydroxylation sites is 1. The number of aliphatic carboxylic acids is 1. The molecule has 52 heavy (non-hydrogen) atoms. The number of carboxylic acids is 1. The molecule has 0 saturated carbocycles. The average Bonchev–Trinajstić information content (AvgIpc) is 3.49. The molecule has 9 heteroatoms. The zero-order valence-electron chi connectivity index (χ0n) is 34.3. The molecule has 3 aromatic rings. The van der Waals surface area contributed by atoms with Gasteiger partial charge in [-0.25, -0.2) is 0 Å². The van der Waals surface area contributed by atoms with Crippen LogP contribution in [-0.2, 0) is 22.6 Å². The van der Waals surface area contributed by atoms with Gasteiger partial charge in [0.2, 0.25) is 0 Å². The third kappa shape index (κ3) is 17.7. The minimum Gasteiger partial charge on any atom is -0.493 e. The summed E-state index contributed by atoms with van der Waals surface area (Å²) in [5.41, 5.74) is 12.3. The van der Waals surface area contributed by atoms with E-state index in [9.17, 15) is 9.59 Å². The minimum absolute atomic E-state index is 0.139. The molecule has 1 atom stereocenters. The molecule has 1 aliphatic heterocycles. The van der Waals surface area contributed by atoms with Gasteiger partial charge in [0.05, 0.1) is 32.9 Å². The van der Waals surface area contributed by atoms with E-state index in [0.29, 0.717) is 23.8 Å². The molecule has 0 saturated heterocycles. The van der Waals surface area contributed by atoms with Gasteiger partial charge in [-0.3, -0.25) is 9.59 Å². The summed E-state index contributed by atoms with van der Waals surface area (Å²) in [6.07, 6.45) is 8.26. The highest BCUT2D eigenvalue weighted by molar-refractivity contribution is 5.94. The molecular weight excluding hydrogens is 654 g/mol. The number of nitrogens with zero attached hydrogens (tertiary/aromatic N) is 1. The van der Waals surface area contributed by atoms with Crippen molar-refractivity contribution in [3.63, 3.8) is 0 Å². The number of carbonyl (C=O) groups excluding carboxylic acids is 1. The lowest BCUT2D eigenvalue weighted by Gasteiger charge is -2.22. The van der Waals surface area contributed by atoms with Crippen molar-refractivity contribution in [2.24, 2.45) is 5.73 Å². The van der Waals surface area contributed by atoms with Gasteiger partial charge in [-0.1, -0.05) is 117 Å². The maximum Gasteiger partial charge on any atom is 0.309 e. The molecule has 0 aliphatic carbocycles. The first-order valence-electron chi connectivity index (χ1n) is 18.7. The third-order valence-corrected chi connectivity index (χ3v) is 7.33. The Kier molecular flexibility index (Phi) is 28.0. The number of aryl methyl sites for hydroxylation is 1. The molecule has 292 valence electrons. The van der Waals surface area contributed by atoms with E-state index in [0.717, 1.165) is 35.3 Å². The molecule has 0 bridgehead atoms. The van der Waals surface area contributed by atoms with Crippen molar-refractivity contribution >= 4 is 17.6 Å². The van der Waals surface area contributed by atoms with Crippen molar-refractivity contribution in [3.05, 3.63) is 88.8 Å². The van der Waals surface area contributed by atoms with Gasteiger partial charge in [-0.05, 0) is 56.5 Å². The first-order valence-corrected chi connectivity index (χ1v) is 18.7. The second kappa shape index (κ2) is 29.2. The topological polar surface area (TPSA) is 137 Å². The number of amides is 1. The number of unbranched alkanes of at least 4 members (excludes halogenated alkanes) is 3. The minimum atomic E-state index is -0.937. The van der Waals surface area contributed by atoms with Crippen LogP contribution in [0, 0.1) is 5.41 Å². The van der Waals surface area contributed by atoms with Gasteiger partial charge in [0.25, 0.3) is 5.91 Å². The Labute approximate surface area is 315 Å². The Morgan fingerprint density at radius 2 is 1.52 bits per heavy atom. The second-order valence-corrected chi connectivity index (χ2v) is 12.0. The van der Waals surface area contributed by atoms with Gasteiger partial charge in [0.15, 0.2) is 11.5 Å². The van der Waals surface area contributed by atoms with Crippen LogP contribution in [0.5, 0.6) is 11.5 Å². The Morgan fingerprint density at radius 3 is 1.92 bits per heavy atom. The first-order chi connectivity index (χ1) is 24.8. The molecule has 1 aliphatic rings. The Morgan fingerprint density at radius 1 is 0.942 bits per heavy atom. The number of benzene rings is 2. The van der Waals surface area contributed by atoms with Crippen molar-refractivity contribution in [2.45, 2.75) is 133 Å². The molecular formula is C43H69N3O6. The van der Waals surface area contributed by atoms with Crippen molar-refractivity contribution in [3.8, 4) is 17.2 Å². The van der Waals surface area contributed by atoms with Gasteiger partial charge in [0.1, 0.15) is 11.8 Å². The van der Waals surface area contributed by atoms with Gasteiger partial charge >= 0.3 is 5.97 Å². The average molecular weight is 724 g/mol. The van der Waals surface area contributed by atoms with Crippen LogP contribution < -0.4 is 15.2 Å². The Balaban J connectivity index is 0. The van der Waals surface area contributed by atoms with E-state index in [-0.39, 0.29) is 18.2 Å². The summed E-state index contributed by atoms with van der Waals surface area (Å²) in [5, 5.41) is 14.6. The summed E-state index contributed by atoms with van der Waals surface area (Å²) < 4.78 is 19.4. The molecule has 1 amide bonds. The van der Waals surface area contributed by atoms with Crippen LogP contribution >= 0.6 is 0 Å². The number of ether oxygens (including phenoxy) is 3. The van der Waals surface area contributed by atoms with Crippen molar-refractivity contribution in [1.29, 1.82) is 5.41 Å². The molecule has 0 spiro atoms. The number of nitrogens with one attached hydrogen (secondary N) is 1. The predicted octanol–water partition coefficient (Wildman–Crippen LogP) is 11.3. The lowest BCUT2D eigenvalue weighted by atomic mass is 9.96. The SMILES string of the molecule is C=C(C)CC.CC.CC(=N)CC(=O)O.CCC.CCCCCC.CCc1ccc2c(c1)[C@@H](c1cccc(OC)c1OC)OCc1ccc(C(N)=O)n1-2.